The Hall–Kier alpha value is -1.98. The lowest BCUT2D eigenvalue weighted by atomic mass is 10.1. The molecule has 0 aliphatic carbocycles. The summed E-state index contributed by atoms with van der Waals surface area (Å²) < 4.78 is 24.4. The topological polar surface area (TPSA) is 42.0 Å². The van der Waals surface area contributed by atoms with Crippen molar-refractivity contribution >= 4 is 11.8 Å². The van der Waals surface area contributed by atoms with Gasteiger partial charge in [0.2, 0.25) is 0 Å². The van der Waals surface area contributed by atoms with Crippen molar-refractivity contribution in [1.82, 2.24) is 4.90 Å². The Morgan fingerprint density at radius 3 is 2.25 bits per heavy atom. The molecule has 0 aromatic heterocycles. The van der Waals surface area contributed by atoms with Crippen molar-refractivity contribution in [3.63, 3.8) is 0 Å². The van der Waals surface area contributed by atoms with E-state index >= 15 is 0 Å². The van der Waals surface area contributed by atoms with E-state index in [0.29, 0.717) is 18.8 Å². The number of methoxy groups -OCH3 is 1. The average Bonchev–Trinajstić information content (AvgIpc) is 2.44. The molecular weight excluding hydrogens is 311 g/mol. The normalized spacial score (nSPS) is 21.6. The van der Waals surface area contributed by atoms with E-state index in [2.05, 4.69) is 4.90 Å². The van der Waals surface area contributed by atoms with Gasteiger partial charge in [0, 0.05) is 43.0 Å². The number of carbonyl (C=O) groups excluding carboxylic acids is 1. The molecule has 0 radical (unpaired) electrons. The minimum Gasteiger partial charge on any atom is -0.497 e. The van der Waals surface area contributed by atoms with Gasteiger partial charge in [0.25, 0.3) is 0 Å². The summed E-state index contributed by atoms with van der Waals surface area (Å²) in [5, 5.41) is 0. The molecule has 0 unspecified atom stereocenters. The van der Waals surface area contributed by atoms with E-state index in [-0.39, 0.29) is 24.0 Å². The van der Waals surface area contributed by atoms with Crippen LogP contribution in [-0.4, -0.2) is 48.9 Å². The Kier molecular flexibility index (Phi) is 5.26. The molecular formula is C18H27FN2O3. The summed E-state index contributed by atoms with van der Waals surface area (Å²) in [6, 6.07) is 4.74. The molecule has 1 fully saturated rings. The van der Waals surface area contributed by atoms with Gasteiger partial charge in [-0.3, -0.25) is 0 Å². The number of piperazine rings is 1. The van der Waals surface area contributed by atoms with Crippen LogP contribution in [0.15, 0.2) is 18.2 Å². The zero-order valence-corrected chi connectivity index (χ0v) is 15.3. The quantitative estimate of drug-likeness (QED) is 0.825. The fraction of sp³-hybridized carbons (Fsp3) is 0.611. The first-order valence-electron chi connectivity index (χ1n) is 8.21. The maximum absolute atomic E-state index is 13.8. The van der Waals surface area contributed by atoms with Crippen LogP contribution in [-0.2, 0) is 4.74 Å². The van der Waals surface area contributed by atoms with Crippen LogP contribution in [0.4, 0.5) is 14.9 Å². The van der Waals surface area contributed by atoms with Gasteiger partial charge in [0.05, 0.1) is 7.11 Å². The lowest BCUT2D eigenvalue weighted by molar-refractivity contribution is 0.0193. The number of halogens is 1. The van der Waals surface area contributed by atoms with E-state index in [1.807, 2.05) is 40.7 Å². The number of rotatable bonds is 2. The lowest BCUT2D eigenvalue weighted by Gasteiger charge is -2.45. The third-order valence-corrected chi connectivity index (χ3v) is 3.96. The molecule has 1 aromatic carbocycles. The van der Waals surface area contributed by atoms with Crippen LogP contribution in [0.3, 0.4) is 0 Å². The van der Waals surface area contributed by atoms with Gasteiger partial charge in [-0.2, -0.15) is 0 Å². The summed E-state index contributed by atoms with van der Waals surface area (Å²) in [5.74, 6) is 0.150. The Labute approximate surface area is 143 Å². The monoisotopic (exact) mass is 338 g/mol. The Balaban J connectivity index is 2.17. The van der Waals surface area contributed by atoms with E-state index in [9.17, 15) is 9.18 Å². The number of benzene rings is 1. The molecule has 5 nitrogen and oxygen atoms in total. The molecule has 1 amide bonds. The third kappa shape index (κ3) is 4.30. The second-order valence-corrected chi connectivity index (χ2v) is 7.34. The molecule has 2 atom stereocenters. The zero-order chi connectivity index (χ0) is 18.1. The van der Waals surface area contributed by atoms with Crippen LogP contribution in [0.2, 0.25) is 0 Å². The van der Waals surface area contributed by atoms with E-state index in [4.69, 9.17) is 9.47 Å². The van der Waals surface area contributed by atoms with Gasteiger partial charge in [-0.25, -0.2) is 9.18 Å². The maximum Gasteiger partial charge on any atom is 0.410 e. The van der Waals surface area contributed by atoms with Gasteiger partial charge in [-0.15, -0.1) is 0 Å². The fourth-order valence-corrected chi connectivity index (χ4v) is 3.12. The van der Waals surface area contributed by atoms with Crippen molar-refractivity contribution in [1.29, 1.82) is 0 Å². The van der Waals surface area contributed by atoms with E-state index in [0.717, 1.165) is 5.69 Å². The molecule has 0 N–H and O–H groups in total. The first-order chi connectivity index (χ1) is 11.1. The van der Waals surface area contributed by atoms with E-state index < -0.39 is 5.60 Å². The molecule has 1 aliphatic rings. The number of nitrogens with zero attached hydrogens (tertiary/aromatic N) is 2. The molecule has 6 heteroatoms. The second kappa shape index (κ2) is 6.87. The molecule has 2 rings (SSSR count). The van der Waals surface area contributed by atoms with Gasteiger partial charge in [0.15, 0.2) is 0 Å². The lowest BCUT2D eigenvalue weighted by Crippen LogP contribution is -2.58. The Morgan fingerprint density at radius 2 is 1.75 bits per heavy atom. The number of carbonyl (C=O) groups is 1. The van der Waals surface area contributed by atoms with Crippen LogP contribution in [0, 0.1) is 5.82 Å². The molecule has 24 heavy (non-hydrogen) atoms. The largest absolute Gasteiger partial charge is 0.497 e. The van der Waals surface area contributed by atoms with Crippen LogP contribution < -0.4 is 9.64 Å². The number of amides is 1. The summed E-state index contributed by atoms with van der Waals surface area (Å²) in [5.41, 5.74) is 0.243. The smallest absolute Gasteiger partial charge is 0.410 e. The van der Waals surface area contributed by atoms with Gasteiger partial charge in [-0.1, -0.05) is 0 Å². The SMILES string of the molecule is COc1cc(F)cc(N2[C@H](C)CN(C(=O)OC(C)(C)C)C[C@H]2C)c1. The summed E-state index contributed by atoms with van der Waals surface area (Å²) in [6.07, 6.45) is -0.308. The molecule has 0 spiro atoms. The highest BCUT2D eigenvalue weighted by Crippen LogP contribution is 2.29. The van der Waals surface area contributed by atoms with Gasteiger partial charge in [-0.05, 0) is 40.7 Å². The van der Waals surface area contributed by atoms with Crippen molar-refractivity contribution in [3.05, 3.63) is 24.0 Å². The molecule has 1 saturated heterocycles. The Morgan fingerprint density at radius 1 is 1.17 bits per heavy atom. The van der Waals surface area contributed by atoms with Crippen LogP contribution in [0.5, 0.6) is 5.75 Å². The predicted molar refractivity (Wildman–Crippen MR) is 92.2 cm³/mol. The highest BCUT2D eigenvalue weighted by atomic mass is 19.1. The van der Waals surface area contributed by atoms with Gasteiger partial charge < -0.3 is 19.3 Å². The highest BCUT2D eigenvalue weighted by molar-refractivity contribution is 5.69. The van der Waals surface area contributed by atoms with E-state index in [1.165, 1.54) is 19.2 Å². The average molecular weight is 338 g/mol. The predicted octanol–water partition coefficient (Wildman–Crippen LogP) is 3.67. The zero-order valence-electron chi connectivity index (χ0n) is 15.3. The molecule has 134 valence electrons. The van der Waals surface area contributed by atoms with Crippen molar-refractivity contribution in [2.24, 2.45) is 0 Å². The highest BCUT2D eigenvalue weighted by Gasteiger charge is 2.34. The van der Waals surface area contributed by atoms with Crippen LogP contribution in [0.1, 0.15) is 34.6 Å². The number of ether oxygens (including phenoxy) is 2. The van der Waals surface area contributed by atoms with Crippen LogP contribution in [0.25, 0.3) is 0 Å². The third-order valence-electron chi connectivity index (χ3n) is 3.96. The minimum absolute atomic E-state index is 0.0350. The first kappa shape index (κ1) is 18.4. The fourth-order valence-electron chi connectivity index (χ4n) is 3.12. The molecule has 1 heterocycles. The molecule has 1 aliphatic heterocycles. The number of hydrogen-bond donors (Lipinski definition) is 0. The van der Waals surface area contributed by atoms with Crippen LogP contribution >= 0.6 is 0 Å². The Bertz CT molecular complexity index is 588. The van der Waals surface area contributed by atoms with Gasteiger partial charge in [0.1, 0.15) is 17.2 Å². The first-order valence-corrected chi connectivity index (χ1v) is 8.21. The van der Waals surface area contributed by atoms with Crippen molar-refractivity contribution in [2.75, 3.05) is 25.1 Å². The number of hydrogen-bond acceptors (Lipinski definition) is 4. The van der Waals surface area contributed by atoms with Crippen molar-refractivity contribution < 1.29 is 18.7 Å². The summed E-state index contributed by atoms with van der Waals surface area (Å²) >= 11 is 0. The van der Waals surface area contributed by atoms with Gasteiger partial charge >= 0.3 is 6.09 Å². The van der Waals surface area contributed by atoms with E-state index in [1.54, 1.807) is 4.90 Å². The summed E-state index contributed by atoms with van der Waals surface area (Å²) in [6.45, 7) is 10.7. The minimum atomic E-state index is -0.517. The molecule has 0 bridgehead atoms. The van der Waals surface area contributed by atoms with Crippen molar-refractivity contribution in [2.45, 2.75) is 52.3 Å². The standard InChI is InChI=1S/C18H27FN2O3/c1-12-10-20(17(22)24-18(3,4)5)11-13(2)21(12)15-7-14(19)8-16(9-15)23-6/h7-9,12-13H,10-11H2,1-6H3/t12-,13-/m1/s1. The maximum atomic E-state index is 13.8. The summed E-state index contributed by atoms with van der Waals surface area (Å²) in [7, 11) is 1.52. The summed E-state index contributed by atoms with van der Waals surface area (Å²) in [4.78, 5) is 16.1. The molecule has 0 saturated carbocycles. The van der Waals surface area contributed by atoms with Crippen molar-refractivity contribution in [3.8, 4) is 5.75 Å². The number of anilines is 1. The second-order valence-electron chi connectivity index (χ2n) is 7.34. The molecule has 1 aromatic rings.